The third-order valence-electron chi connectivity index (χ3n) is 4.81. The predicted octanol–water partition coefficient (Wildman–Crippen LogP) is 2.78. The second-order valence-electron chi connectivity index (χ2n) is 7.21. The first-order chi connectivity index (χ1) is 14.4. The van der Waals surface area contributed by atoms with Gasteiger partial charge in [-0.15, -0.1) is 0 Å². The highest BCUT2D eigenvalue weighted by Gasteiger charge is 2.14. The molecule has 0 spiro atoms. The average molecular weight is 408 g/mol. The lowest BCUT2D eigenvalue weighted by Crippen LogP contribution is -2.30. The lowest BCUT2D eigenvalue weighted by Gasteiger charge is -2.15. The van der Waals surface area contributed by atoms with E-state index in [1.165, 1.54) is 33.9 Å². The summed E-state index contributed by atoms with van der Waals surface area (Å²) >= 11 is 0. The number of halogens is 1. The molecule has 2 aromatic carbocycles. The zero-order valence-corrected chi connectivity index (χ0v) is 16.6. The molecular weight excluding hydrogens is 387 g/mol. The summed E-state index contributed by atoms with van der Waals surface area (Å²) in [6.07, 6.45) is 1.89. The summed E-state index contributed by atoms with van der Waals surface area (Å²) in [6, 6.07) is 11.6. The molecule has 4 aromatic rings. The van der Waals surface area contributed by atoms with Crippen LogP contribution in [0.4, 0.5) is 4.39 Å². The fourth-order valence-corrected chi connectivity index (χ4v) is 3.18. The first-order valence-electron chi connectivity index (χ1n) is 9.49. The van der Waals surface area contributed by atoms with Crippen molar-refractivity contribution in [2.45, 2.75) is 26.5 Å². The minimum atomic E-state index is -0.894. The second-order valence-corrected chi connectivity index (χ2v) is 7.21. The van der Waals surface area contributed by atoms with Gasteiger partial charge < -0.3 is 9.84 Å². The Kier molecular flexibility index (Phi) is 5.33. The molecule has 0 saturated heterocycles. The Labute approximate surface area is 172 Å². The Morgan fingerprint density at radius 3 is 2.70 bits per heavy atom. The van der Waals surface area contributed by atoms with Gasteiger partial charge in [0, 0.05) is 0 Å². The smallest absolute Gasteiger partial charge is 0.264 e. The summed E-state index contributed by atoms with van der Waals surface area (Å²) in [6.45, 7) is 3.98. The van der Waals surface area contributed by atoms with E-state index in [1.807, 2.05) is 32.0 Å². The third kappa shape index (κ3) is 3.95. The van der Waals surface area contributed by atoms with E-state index in [4.69, 9.17) is 4.74 Å². The molecule has 0 aliphatic carbocycles. The molecule has 0 unspecified atom stereocenters. The Bertz CT molecular complexity index is 1250. The van der Waals surface area contributed by atoms with Gasteiger partial charge >= 0.3 is 0 Å². The number of aliphatic hydroxyl groups is 1. The van der Waals surface area contributed by atoms with Crippen LogP contribution in [0.5, 0.6) is 5.75 Å². The van der Waals surface area contributed by atoms with E-state index in [1.54, 1.807) is 12.1 Å². The summed E-state index contributed by atoms with van der Waals surface area (Å²) in [7, 11) is 0. The SMILES string of the molecule is Cc1ccc(C)c(OC[C@@H](O)Cn2cnc3c(cnn3-c3ccc(F)cc3)c2=O)c1. The van der Waals surface area contributed by atoms with E-state index in [9.17, 15) is 14.3 Å². The van der Waals surface area contributed by atoms with Gasteiger partial charge in [0.25, 0.3) is 5.56 Å². The first kappa shape index (κ1) is 19.8. The summed E-state index contributed by atoms with van der Waals surface area (Å²) in [5.74, 6) is 0.345. The maximum Gasteiger partial charge on any atom is 0.264 e. The highest BCUT2D eigenvalue weighted by Crippen LogP contribution is 2.19. The lowest BCUT2D eigenvalue weighted by molar-refractivity contribution is 0.0911. The van der Waals surface area contributed by atoms with Crippen LogP contribution in [-0.2, 0) is 6.54 Å². The Hall–Kier alpha value is -3.52. The molecule has 4 rings (SSSR count). The average Bonchev–Trinajstić information content (AvgIpc) is 3.16. The number of benzene rings is 2. The summed E-state index contributed by atoms with van der Waals surface area (Å²) < 4.78 is 21.7. The van der Waals surface area contributed by atoms with Crippen molar-refractivity contribution in [1.29, 1.82) is 0 Å². The molecule has 0 saturated carbocycles. The van der Waals surface area contributed by atoms with Gasteiger partial charge in [-0.2, -0.15) is 5.10 Å². The number of aromatic nitrogens is 4. The minimum Gasteiger partial charge on any atom is -0.491 e. The van der Waals surface area contributed by atoms with Crippen molar-refractivity contribution in [3.63, 3.8) is 0 Å². The fraction of sp³-hybridized carbons (Fsp3) is 0.227. The molecule has 1 atom stereocenters. The number of hydrogen-bond acceptors (Lipinski definition) is 5. The number of hydrogen-bond donors (Lipinski definition) is 1. The van der Waals surface area contributed by atoms with Crippen molar-refractivity contribution < 1.29 is 14.2 Å². The summed E-state index contributed by atoms with van der Waals surface area (Å²) in [5, 5.41) is 14.9. The number of nitrogens with zero attached hydrogens (tertiary/aromatic N) is 4. The van der Waals surface area contributed by atoms with E-state index in [0.717, 1.165) is 11.1 Å². The van der Waals surface area contributed by atoms with Gasteiger partial charge in [-0.05, 0) is 55.3 Å². The molecule has 7 nitrogen and oxygen atoms in total. The molecule has 2 heterocycles. The number of aryl methyl sites for hydroxylation is 2. The van der Waals surface area contributed by atoms with Gasteiger partial charge in [-0.3, -0.25) is 9.36 Å². The maximum absolute atomic E-state index is 13.2. The standard InChI is InChI=1S/C22H21FN4O3/c1-14-3-4-15(2)20(9-14)30-12-18(28)11-26-13-24-21-19(22(26)29)10-25-27(21)17-7-5-16(23)6-8-17/h3-10,13,18,28H,11-12H2,1-2H3/t18-/m0/s1. The van der Waals surface area contributed by atoms with Crippen LogP contribution in [0, 0.1) is 19.7 Å². The van der Waals surface area contributed by atoms with Crippen LogP contribution in [0.3, 0.4) is 0 Å². The van der Waals surface area contributed by atoms with Crippen molar-refractivity contribution in [2.24, 2.45) is 0 Å². The lowest BCUT2D eigenvalue weighted by atomic mass is 10.1. The van der Waals surface area contributed by atoms with Gasteiger partial charge in [-0.1, -0.05) is 12.1 Å². The molecule has 0 amide bonds. The highest BCUT2D eigenvalue weighted by atomic mass is 19.1. The molecule has 30 heavy (non-hydrogen) atoms. The van der Waals surface area contributed by atoms with Gasteiger partial charge in [0.15, 0.2) is 5.65 Å². The van der Waals surface area contributed by atoms with Crippen LogP contribution < -0.4 is 10.3 Å². The van der Waals surface area contributed by atoms with Gasteiger partial charge in [0.05, 0.1) is 18.4 Å². The summed E-state index contributed by atoms with van der Waals surface area (Å²) in [5.41, 5.74) is 2.68. The molecule has 0 aliphatic heterocycles. The van der Waals surface area contributed by atoms with Gasteiger partial charge in [0.1, 0.15) is 36.0 Å². The van der Waals surface area contributed by atoms with Crippen molar-refractivity contribution in [3.8, 4) is 11.4 Å². The molecule has 2 aromatic heterocycles. The van der Waals surface area contributed by atoms with E-state index in [-0.39, 0.29) is 24.5 Å². The van der Waals surface area contributed by atoms with E-state index < -0.39 is 6.10 Å². The summed E-state index contributed by atoms with van der Waals surface area (Å²) in [4.78, 5) is 17.1. The quantitative estimate of drug-likeness (QED) is 0.531. The minimum absolute atomic E-state index is 0.0361. The second kappa shape index (κ2) is 8.08. The number of ether oxygens (including phenoxy) is 1. The van der Waals surface area contributed by atoms with Crippen molar-refractivity contribution in [2.75, 3.05) is 6.61 Å². The Morgan fingerprint density at radius 2 is 1.93 bits per heavy atom. The fourth-order valence-electron chi connectivity index (χ4n) is 3.18. The topological polar surface area (TPSA) is 82.2 Å². The van der Waals surface area contributed by atoms with Gasteiger partial charge in [0.2, 0.25) is 0 Å². The Balaban J connectivity index is 1.52. The zero-order chi connectivity index (χ0) is 21.3. The Morgan fingerprint density at radius 1 is 1.17 bits per heavy atom. The third-order valence-corrected chi connectivity index (χ3v) is 4.81. The van der Waals surface area contributed by atoms with Crippen LogP contribution in [-0.4, -0.2) is 37.1 Å². The van der Waals surface area contributed by atoms with Crippen LogP contribution in [0.15, 0.2) is 59.8 Å². The van der Waals surface area contributed by atoms with E-state index >= 15 is 0 Å². The molecule has 0 radical (unpaired) electrons. The van der Waals surface area contributed by atoms with Gasteiger partial charge in [-0.25, -0.2) is 14.1 Å². The monoisotopic (exact) mass is 408 g/mol. The maximum atomic E-state index is 13.2. The van der Waals surface area contributed by atoms with Crippen molar-refractivity contribution >= 4 is 11.0 Å². The largest absolute Gasteiger partial charge is 0.491 e. The van der Waals surface area contributed by atoms with Crippen LogP contribution >= 0.6 is 0 Å². The molecule has 0 fully saturated rings. The number of aliphatic hydroxyl groups excluding tert-OH is 1. The molecule has 0 bridgehead atoms. The molecule has 1 N–H and O–H groups in total. The predicted molar refractivity (Wildman–Crippen MR) is 111 cm³/mol. The molecule has 8 heteroatoms. The number of fused-ring (bicyclic) bond motifs is 1. The normalized spacial score (nSPS) is 12.3. The van der Waals surface area contributed by atoms with Crippen LogP contribution in [0.1, 0.15) is 11.1 Å². The van der Waals surface area contributed by atoms with Crippen LogP contribution in [0.25, 0.3) is 16.7 Å². The van der Waals surface area contributed by atoms with Crippen LogP contribution in [0.2, 0.25) is 0 Å². The molecular formula is C22H21FN4O3. The van der Waals surface area contributed by atoms with Crippen molar-refractivity contribution in [3.05, 3.63) is 82.3 Å². The first-order valence-corrected chi connectivity index (χ1v) is 9.49. The number of rotatable bonds is 6. The van der Waals surface area contributed by atoms with Crippen molar-refractivity contribution in [1.82, 2.24) is 19.3 Å². The van der Waals surface area contributed by atoms with E-state index in [2.05, 4.69) is 10.1 Å². The molecule has 154 valence electrons. The highest BCUT2D eigenvalue weighted by molar-refractivity contribution is 5.74. The van der Waals surface area contributed by atoms with E-state index in [0.29, 0.717) is 22.5 Å². The molecule has 0 aliphatic rings. The zero-order valence-electron chi connectivity index (χ0n) is 16.6.